The molecule has 0 unspecified atom stereocenters. The third kappa shape index (κ3) is 1.26. The Hall–Kier alpha value is -1.46. The molecule has 6 heteroatoms. The van der Waals surface area contributed by atoms with Crippen LogP contribution in [-0.2, 0) is 12.7 Å². The number of alkyl halides is 3. The summed E-state index contributed by atoms with van der Waals surface area (Å²) in [6, 6.07) is 0.931. The molecule has 3 nitrogen and oxygen atoms in total. The zero-order chi connectivity index (χ0) is 10.3. The monoisotopic (exact) mass is 204 g/mol. The van der Waals surface area contributed by atoms with Gasteiger partial charge in [-0.3, -0.25) is 4.79 Å². The Morgan fingerprint density at radius 3 is 2.79 bits per heavy atom. The number of hydrogen-bond donors (Lipinski definition) is 1. The number of carbonyl (C=O) groups excluding carboxylic acids is 1. The van der Waals surface area contributed by atoms with E-state index in [9.17, 15) is 18.0 Å². The molecule has 1 aromatic heterocycles. The van der Waals surface area contributed by atoms with Crippen LogP contribution in [0.2, 0.25) is 0 Å². The Morgan fingerprint density at radius 2 is 2.14 bits per heavy atom. The second-order valence-electron chi connectivity index (χ2n) is 3.03. The van der Waals surface area contributed by atoms with Crippen LogP contribution in [0.5, 0.6) is 0 Å². The fourth-order valence-electron chi connectivity index (χ4n) is 1.51. The summed E-state index contributed by atoms with van der Waals surface area (Å²) in [4.78, 5) is 11.2. The summed E-state index contributed by atoms with van der Waals surface area (Å²) in [6.45, 7) is 0.759. The fourth-order valence-corrected chi connectivity index (χ4v) is 1.51. The van der Waals surface area contributed by atoms with Crippen molar-refractivity contribution in [2.24, 2.45) is 0 Å². The van der Waals surface area contributed by atoms with Crippen molar-refractivity contribution >= 4 is 5.91 Å². The molecule has 0 aromatic carbocycles. The van der Waals surface area contributed by atoms with E-state index in [1.165, 1.54) is 10.8 Å². The van der Waals surface area contributed by atoms with Crippen molar-refractivity contribution < 1.29 is 18.0 Å². The van der Waals surface area contributed by atoms with Gasteiger partial charge < -0.3 is 9.88 Å². The van der Waals surface area contributed by atoms with Crippen LogP contribution in [0.3, 0.4) is 0 Å². The highest BCUT2D eigenvalue weighted by molar-refractivity contribution is 5.95. The van der Waals surface area contributed by atoms with Crippen molar-refractivity contribution in [3.05, 3.63) is 23.5 Å². The minimum atomic E-state index is -4.46. The Labute approximate surface area is 77.5 Å². The lowest BCUT2D eigenvalue weighted by molar-refractivity contribution is -0.138. The largest absolute Gasteiger partial charge is 0.418 e. The van der Waals surface area contributed by atoms with Crippen LogP contribution in [0, 0.1) is 0 Å². The lowest BCUT2D eigenvalue weighted by Crippen LogP contribution is -2.36. The van der Waals surface area contributed by atoms with Gasteiger partial charge >= 0.3 is 6.18 Å². The predicted octanol–water partition coefficient (Wildman–Crippen LogP) is 1.25. The highest BCUT2D eigenvalue weighted by Crippen LogP contribution is 2.33. The maximum absolute atomic E-state index is 12.4. The second kappa shape index (κ2) is 2.76. The van der Waals surface area contributed by atoms with E-state index in [-0.39, 0.29) is 5.69 Å². The maximum atomic E-state index is 12.4. The summed E-state index contributed by atoms with van der Waals surface area (Å²) in [6.07, 6.45) is -3.17. The maximum Gasteiger partial charge on any atom is 0.418 e. The van der Waals surface area contributed by atoms with Crippen LogP contribution in [0.25, 0.3) is 0 Å². The van der Waals surface area contributed by atoms with Gasteiger partial charge in [0, 0.05) is 19.3 Å². The van der Waals surface area contributed by atoms with E-state index in [4.69, 9.17) is 0 Å². The van der Waals surface area contributed by atoms with E-state index in [0.717, 1.165) is 6.07 Å². The van der Waals surface area contributed by atoms with Crippen LogP contribution < -0.4 is 5.32 Å². The van der Waals surface area contributed by atoms with Gasteiger partial charge in [-0.05, 0) is 6.07 Å². The average Bonchev–Trinajstić information content (AvgIpc) is 2.47. The van der Waals surface area contributed by atoms with Crippen molar-refractivity contribution in [2.75, 3.05) is 6.54 Å². The smallest absolute Gasteiger partial charge is 0.349 e. The van der Waals surface area contributed by atoms with Crippen LogP contribution in [-0.4, -0.2) is 17.0 Å². The second-order valence-corrected chi connectivity index (χ2v) is 3.03. The van der Waals surface area contributed by atoms with E-state index in [1.807, 2.05) is 0 Å². The van der Waals surface area contributed by atoms with Gasteiger partial charge in [-0.1, -0.05) is 0 Å². The van der Waals surface area contributed by atoms with Crippen LogP contribution >= 0.6 is 0 Å². The number of rotatable bonds is 0. The summed E-state index contributed by atoms with van der Waals surface area (Å²) in [7, 11) is 0. The van der Waals surface area contributed by atoms with Crippen LogP contribution in [0.15, 0.2) is 12.3 Å². The summed E-state index contributed by atoms with van der Waals surface area (Å²) in [5.74, 6) is -0.659. The van der Waals surface area contributed by atoms with Gasteiger partial charge in [0.15, 0.2) is 0 Å². The molecule has 2 heterocycles. The Morgan fingerprint density at radius 1 is 1.43 bits per heavy atom. The first kappa shape index (κ1) is 9.11. The van der Waals surface area contributed by atoms with E-state index in [0.29, 0.717) is 13.1 Å². The third-order valence-electron chi connectivity index (χ3n) is 2.12. The van der Waals surface area contributed by atoms with E-state index < -0.39 is 17.6 Å². The van der Waals surface area contributed by atoms with Crippen molar-refractivity contribution in [3.8, 4) is 0 Å². The van der Waals surface area contributed by atoms with E-state index in [2.05, 4.69) is 5.32 Å². The number of nitrogens with one attached hydrogen (secondary N) is 1. The van der Waals surface area contributed by atoms with E-state index in [1.54, 1.807) is 0 Å². The first-order valence-corrected chi connectivity index (χ1v) is 4.04. The van der Waals surface area contributed by atoms with Crippen molar-refractivity contribution in [1.29, 1.82) is 0 Å². The highest BCUT2D eigenvalue weighted by atomic mass is 19.4. The van der Waals surface area contributed by atoms with Crippen LogP contribution in [0.1, 0.15) is 16.1 Å². The van der Waals surface area contributed by atoms with Crippen molar-refractivity contribution in [2.45, 2.75) is 12.7 Å². The highest BCUT2D eigenvalue weighted by Gasteiger charge is 2.38. The number of nitrogens with zero attached hydrogens (tertiary/aromatic N) is 1. The molecule has 0 aliphatic carbocycles. The van der Waals surface area contributed by atoms with Gasteiger partial charge in [-0.15, -0.1) is 0 Å². The standard InChI is InChI=1S/C8H7F3N2O/c9-8(10,11)5-1-3-13-4-2-12-7(14)6(5)13/h1,3H,2,4H2,(H,12,14). The molecule has 76 valence electrons. The number of halogens is 3. The molecule has 0 saturated heterocycles. The van der Waals surface area contributed by atoms with Gasteiger partial charge in [0.1, 0.15) is 5.69 Å². The first-order valence-electron chi connectivity index (χ1n) is 4.04. The zero-order valence-electron chi connectivity index (χ0n) is 7.06. The number of hydrogen-bond acceptors (Lipinski definition) is 1. The fraction of sp³-hybridized carbons (Fsp3) is 0.375. The minimum Gasteiger partial charge on any atom is -0.349 e. The Bertz CT molecular complexity index is 380. The SMILES string of the molecule is O=C1NCCn2ccc(C(F)(F)F)c21. The Balaban J connectivity index is 2.54. The Kier molecular flexibility index (Phi) is 1.80. The minimum absolute atomic E-state index is 0.288. The number of carbonyl (C=O) groups is 1. The summed E-state index contributed by atoms with van der Waals surface area (Å²) >= 11 is 0. The lowest BCUT2D eigenvalue weighted by atomic mass is 10.2. The number of amides is 1. The normalized spacial score (nSPS) is 16.4. The van der Waals surface area contributed by atoms with Gasteiger partial charge in [-0.2, -0.15) is 13.2 Å². The summed E-state index contributed by atoms with van der Waals surface area (Å²) < 4.78 is 38.5. The molecule has 2 rings (SSSR count). The topological polar surface area (TPSA) is 34.0 Å². The molecular weight excluding hydrogens is 197 g/mol. The van der Waals surface area contributed by atoms with Crippen molar-refractivity contribution in [3.63, 3.8) is 0 Å². The molecule has 0 atom stereocenters. The molecule has 1 amide bonds. The third-order valence-corrected chi connectivity index (χ3v) is 2.12. The average molecular weight is 204 g/mol. The first-order chi connectivity index (χ1) is 6.50. The molecule has 0 bridgehead atoms. The summed E-state index contributed by atoms with van der Waals surface area (Å²) in [5.41, 5.74) is -1.15. The molecule has 1 aliphatic rings. The van der Waals surface area contributed by atoms with Gasteiger partial charge in [0.2, 0.25) is 0 Å². The molecule has 1 aromatic rings. The molecular formula is C8H7F3N2O. The molecule has 0 spiro atoms. The predicted molar refractivity (Wildman–Crippen MR) is 41.8 cm³/mol. The van der Waals surface area contributed by atoms with Crippen molar-refractivity contribution in [1.82, 2.24) is 9.88 Å². The summed E-state index contributed by atoms with van der Waals surface area (Å²) in [5, 5.41) is 2.38. The molecule has 0 radical (unpaired) electrons. The van der Waals surface area contributed by atoms with Gasteiger partial charge in [0.05, 0.1) is 5.56 Å². The van der Waals surface area contributed by atoms with E-state index >= 15 is 0 Å². The lowest BCUT2D eigenvalue weighted by Gasteiger charge is -2.17. The quantitative estimate of drug-likeness (QED) is 0.678. The molecule has 1 N–H and O–H groups in total. The van der Waals surface area contributed by atoms with Gasteiger partial charge in [-0.25, -0.2) is 0 Å². The zero-order valence-corrected chi connectivity index (χ0v) is 7.06. The molecule has 14 heavy (non-hydrogen) atoms. The molecule has 0 fully saturated rings. The number of aromatic nitrogens is 1. The van der Waals surface area contributed by atoms with Gasteiger partial charge in [0.25, 0.3) is 5.91 Å². The van der Waals surface area contributed by atoms with Crippen LogP contribution in [0.4, 0.5) is 13.2 Å². The number of fused-ring (bicyclic) bond motifs is 1. The molecule has 1 aliphatic heterocycles. The molecule has 0 saturated carbocycles.